The number of fused-ring (bicyclic) bond motifs is 3. The molecule has 10 N–H and O–H groups in total. The summed E-state index contributed by atoms with van der Waals surface area (Å²) in [4.78, 5) is 102. The van der Waals surface area contributed by atoms with Crippen molar-refractivity contribution in [1.29, 1.82) is 0 Å². The highest BCUT2D eigenvalue weighted by molar-refractivity contribution is 8.76. The molecular formula is C63H79N11O20P3S3+. The Kier molecular flexibility index (Phi) is 26.8. The number of nitrogens with two attached hydrogens (primary N) is 1. The predicted octanol–water partition coefficient (Wildman–Crippen LogP) is 9.95. The number of amides is 2. The van der Waals surface area contributed by atoms with Crippen LogP contribution in [0.5, 0.6) is 0 Å². The summed E-state index contributed by atoms with van der Waals surface area (Å²) in [6.07, 6.45) is 11.3. The number of benzene rings is 3. The standard InChI is InChI=1S/C63H78N11O20P3S3/c1-41(70-71-65)44-21-12-13-22-45(44)60(78)92-50-37-56(91-51(50)39-90-96(82,83)94-97(84,85)93-95(79,80)81)74-38-42(57-58(74)68-61(64)69-59(57)77)20-19-31-66-54(75)28-16-18-34-89-40-99-98-35-32-67-55(76)27-11-8-17-33-73-49-24-15-14-23-46(49)62(2,3)53(73)26-10-7-9-25-52-63(4,5)47-36-43(100(86,87)88)29-30-48(47)72(52)6/h7,9-10,12-15,21-26,29-30,36,38,41,50-51,56H,8,11,16-18,27-28,31-35,37,39-40H2,1-6H3,(H9-,64,66,67,68,69,75,76,77,79,80,81,82,83,84,85,86,87,88)/p+1/t41?,50?,51-,56-/m1/s1. The van der Waals surface area contributed by atoms with E-state index < -0.39 is 81.6 Å². The minimum Gasteiger partial charge on any atom is -0.456 e. The average molecular weight is 1500 g/mol. The van der Waals surface area contributed by atoms with E-state index in [0.717, 1.165) is 42.8 Å². The fourth-order valence-electron chi connectivity index (χ4n) is 11.8. The molecule has 2 aromatic heterocycles. The van der Waals surface area contributed by atoms with Crippen LogP contribution in [-0.2, 0) is 71.6 Å². The first-order valence-electron chi connectivity index (χ1n) is 31.4. The summed E-state index contributed by atoms with van der Waals surface area (Å²) >= 11 is 0. The molecule has 3 aliphatic heterocycles. The summed E-state index contributed by atoms with van der Waals surface area (Å²) < 4.78 is 103. The van der Waals surface area contributed by atoms with E-state index in [-0.39, 0.29) is 75.2 Å². The Morgan fingerprint density at radius 2 is 1.66 bits per heavy atom. The highest BCUT2D eigenvalue weighted by Crippen LogP contribution is 2.66. The fourth-order valence-corrected chi connectivity index (χ4v) is 16.9. The second-order valence-corrected chi connectivity index (χ2v) is 32.6. The number of hydrogen-bond acceptors (Lipinski definition) is 21. The van der Waals surface area contributed by atoms with Crippen molar-refractivity contribution < 1.29 is 92.6 Å². The van der Waals surface area contributed by atoms with E-state index in [1.807, 2.05) is 49.8 Å². The number of aromatic nitrogens is 3. The highest BCUT2D eigenvalue weighted by Gasteiger charge is 2.47. The quantitative estimate of drug-likeness (QED) is 0.00150. The van der Waals surface area contributed by atoms with Crippen LogP contribution in [0.15, 0.2) is 124 Å². The molecule has 37 heteroatoms. The largest absolute Gasteiger partial charge is 0.490 e. The number of phosphoric acid groups is 3. The molecular weight excluding hydrogens is 1420 g/mol. The van der Waals surface area contributed by atoms with Gasteiger partial charge in [0.05, 0.1) is 46.0 Å². The van der Waals surface area contributed by atoms with Crippen molar-refractivity contribution in [2.24, 2.45) is 5.11 Å². The maximum atomic E-state index is 13.8. The molecule has 5 aromatic rings. The summed E-state index contributed by atoms with van der Waals surface area (Å²) in [6.45, 7) is 10.6. The van der Waals surface area contributed by atoms with Crippen LogP contribution in [0.25, 0.3) is 21.5 Å². The van der Waals surface area contributed by atoms with Crippen LogP contribution in [0.4, 0.5) is 17.3 Å². The molecule has 31 nitrogen and oxygen atoms in total. The van der Waals surface area contributed by atoms with E-state index in [1.165, 1.54) is 75.8 Å². The molecule has 4 unspecified atom stereocenters. The smallest absolute Gasteiger partial charge is 0.456 e. The van der Waals surface area contributed by atoms with E-state index in [1.54, 1.807) is 22.9 Å². The van der Waals surface area contributed by atoms with Crippen LogP contribution in [0, 0.1) is 11.8 Å². The summed E-state index contributed by atoms with van der Waals surface area (Å²) in [6, 6.07) is 18.3. The molecule has 1 saturated heterocycles. The van der Waals surface area contributed by atoms with Crippen molar-refractivity contribution >= 4 is 107 Å². The molecule has 0 saturated carbocycles. The van der Waals surface area contributed by atoms with Crippen molar-refractivity contribution in [2.75, 3.05) is 62.2 Å². The molecule has 0 bridgehead atoms. The van der Waals surface area contributed by atoms with Gasteiger partial charge >= 0.3 is 29.4 Å². The maximum Gasteiger partial charge on any atom is 0.490 e. The monoisotopic (exact) mass is 1500 g/mol. The van der Waals surface area contributed by atoms with E-state index >= 15 is 0 Å². The van der Waals surface area contributed by atoms with Crippen molar-refractivity contribution in [3.8, 4) is 11.8 Å². The molecule has 100 heavy (non-hydrogen) atoms. The van der Waals surface area contributed by atoms with Gasteiger partial charge in [0.25, 0.3) is 15.7 Å². The second kappa shape index (κ2) is 34.2. The number of unbranched alkanes of at least 4 members (excludes halogenated alkanes) is 3. The summed E-state index contributed by atoms with van der Waals surface area (Å²) in [5, 5.41) is 9.29. The number of aromatic amines is 1. The number of esters is 1. The van der Waals surface area contributed by atoms with Gasteiger partial charge in [-0.25, -0.2) is 18.5 Å². The number of hydrogen-bond donors (Lipinski definition) is 9. The number of allylic oxidation sites excluding steroid dienone is 6. The van der Waals surface area contributed by atoms with Crippen LogP contribution in [-0.4, -0.2) is 139 Å². The van der Waals surface area contributed by atoms with E-state index in [0.29, 0.717) is 44.1 Å². The highest BCUT2D eigenvalue weighted by atomic mass is 33.1. The Balaban J connectivity index is 0.730. The number of nitrogens with zero attached hydrogens (tertiary/aromatic N) is 7. The van der Waals surface area contributed by atoms with Gasteiger partial charge in [0.2, 0.25) is 23.5 Å². The Labute approximate surface area is 584 Å². The zero-order valence-corrected chi connectivity index (χ0v) is 60.5. The average Bonchev–Trinajstić information content (AvgIpc) is 1.61. The van der Waals surface area contributed by atoms with Gasteiger partial charge in [-0.2, -0.15) is 26.6 Å². The SMILES string of the molecule is CC(N=[N+]=[N-])c1ccccc1C(=O)OC1C[C@H](n2cc(C#CCNC(=O)CCCCOCSSCCNC(=O)CCCCCN3\C(=C/C=C/C=C/C4=[N+](C)c5ccc(S(=O)(=O)O)cc5C4(C)C)C(C)(C)c4ccccc43)c3c(=O)[nH]c(N)nc32)O[C@@H]1COP(=O)(O)OP(=O)(O)OP(=O)(O)O. The fraction of sp³-hybridized carbons (Fsp3) is 0.429. The third-order valence-corrected chi connectivity index (χ3v) is 23.2. The lowest BCUT2D eigenvalue weighted by Crippen LogP contribution is -2.31. The topological polar surface area (TPSA) is 449 Å². The van der Waals surface area contributed by atoms with Crippen LogP contribution < -0.4 is 26.8 Å². The van der Waals surface area contributed by atoms with Crippen molar-refractivity contribution in [3.05, 3.63) is 158 Å². The van der Waals surface area contributed by atoms with Crippen LogP contribution in [0.1, 0.15) is 131 Å². The lowest BCUT2D eigenvalue weighted by Gasteiger charge is -2.27. The molecule has 3 aromatic carbocycles. The van der Waals surface area contributed by atoms with Gasteiger partial charge in [-0.1, -0.05) is 120 Å². The number of rotatable bonds is 34. The lowest BCUT2D eigenvalue weighted by molar-refractivity contribution is -0.401. The molecule has 0 spiro atoms. The Morgan fingerprint density at radius 3 is 2.40 bits per heavy atom. The van der Waals surface area contributed by atoms with Crippen molar-refractivity contribution in [3.63, 3.8) is 0 Å². The Hall–Kier alpha value is -7.21. The predicted molar refractivity (Wildman–Crippen MR) is 376 cm³/mol. The Bertz CT molecular complexity index is 4460. The third-order valence-electron chi connectivity index (χ3n) is 16.5. The molecule has 5 heterocycles. The zero-order valence-electron chi connectivity index (χ0n) is 55.4. The molecule has 538 valence electrons. The van der Waals surface area contributed by atoms with Gasteiger partial charge in [-0.3, -0.25) is 28.4 Å². The maximum absolute atomic E-state index is 13.8. The van der Waals surface area contributed by atoms with Crippen LogP contribution in [0.2, 0.25) is 0 Å². The van der Waals surface area contributed by atoms with Gasteiger partial charge in [0.15, 0.2) is 11.4 Å². The Morgan fingerprint density at radius 1 is 0.940 bits per heavy atom. The van der Waals surface area contributed by atoms with Crippen LogP contribution in [0.3, 0.4) is 0 Å². The number of H-pyrrole nitrogens is 1. The van der Waals surface area contributed by atoms with Gasteiger partial charge in [0, 0.05) is 90.3 Å². The van der Waals surface area contributed by atoms with Crippen LogP contribution >= 0.6 is 45.1 Å². The van der Waals surface area contributed by atoms with Gasteiger partial charge < -0.3 is 59.6 Å². The van der Waals surface area contributed by atoms with E-state index in [9.17, 15) is 55.6 Å². The number of phosphoric ester groups is 1. The number of carbonyl (C=O) groups is 3. The first kappa shape index (κ1) is 78.5. The van der Waals surface area contributed by atoms with Gasteiger partial charge in [0.1, 0.15) is 31.4 Å². The molecule has 1 fully saturated rings. The van der Waals surface area contributed by atoms with Crippen molar-refractivity contribution in [2.45, 2.75) is 126 Å². The normalized spacial score (nSPS) is 19.1. The number of ether oxygens (including phenoxy) is 3. The number of nitrogen functional groups attached to an aromatic ring is 1. The first-order chi connectivity index (χ1) is 47.2. The third kappa shape index (κ3) is 20.8. The van der Waals surface area contributed by atoms with E-state index in [4.69, 9.17) is 39.8 Å². The minimum absolute atomic E-state index is 0.00179. The molecule has 0 aliphatic carbocycles. The number of nitrogens with one attached hydrogen (secondary N) is 3. The molecule has 2 amide bonds. The number of carbonyl (C=O) groups excluding carboxylic acids is 3. The number of anilines is 2. The lowest BCUT2D eigenvalue weighted by atomic mass is 9.81. The summed E-state index contributed by atoms with van der Waals surface area (Å²) in [7, 11) is -16.7. The molecule has 6 atom stereocenters. The molecule has 8 rings (SSSR count). The van der Waals surface area contributed by atoms with Crippen molar-refractivity contribution in [1.82, 2.24) is 25.2 Å². The summed E-state index contributed by atoms with van der Waals surface area (Å²) in [5.41, 5.74) is 20.0. The molecule has 0 radical (unpaired) electrons. The van der Waals surface area contributed by atoms with Gasteiger partial charge in [-0.05, 0) is 86.5 Å². The molecule has 3 aliphatic rings. The second-order valence-electron chi connectivity index (χ2n) is 24.2. The zero-order chi connectivity index (χ0) is 72.8. The first-order valence-corrected chi connectivity index (χ1v) is 39.8. The number of azide groups is 1. The minimum atomic E-state index is -5.92. The number of para-hydroxylation sites is 1. The van der Waals surface area contributed by atoms with E-state index in [2.05, 4.69) is 100 Å². The summed E-state index contributed by atoms with van der Waals surface area (Å²) in [5.74, 6) is 5.16. The van der Waals surface area contributed by atoms with Gasteiger partial charge in [-0.15, -0.1) is 0 Å².